The number of piperidine rings is 1. The second kappa shape index (κ2) is 3.57. The van der Waals surface area contributed by atoms with Gasteiger partial charge in [0.25, 0.3) is 0 Å². The molecule has 11 heavy (non-hydrogen) atoms. The van der Waals surface area contributed by atoms with Gasteiger partial charge in [0.15, 0.2) is 0 Å². The van der Waals surface area contributed by atoms with E-state index in [-0.39, 0.29) is 0 Å². The minimum atomic E-state index is 1.36. The summed E-state index contributed by atoms with van der Waals surface area (Å²) in [7, 11) is 0. The molecule has 2 rings (SSSR count). The summed E-state index contributed by atoms with van der Waals surface area (Å²) in [6, 6.07) is 1.77. The maximum absolute atomic E-state index is 2.65. The molecular weight excluding hydrogens is 134 g/mol. The molecule has 1 saturated heterocycles. The standard InChI is InChI=1S/C10H18N/c1-4-8-11(9-5-1)10-6-2-3-7-10/h1-9H2. The molecule has 0 amide bonds. The van der Waals surface area contributed by atoms with E-state index < -0.39 is 0 Å². The van der Waals surface area contributed by atoms with Crippen LogP contribution >= 0.6 is 0 Å². The Kier molecular flexibility index (Phi) is 2.47. The fraction of sp³-hybridized carbons (Fsp3) is 0.900. The van der Waals surface area contributed by atoms with E-state index in [2.05, 4.69) is 4.90 Å². The van der Waals surface area contributed by atoms with Crippen LogP contribution in [-0.4, -0.2) is 18.0 Å². The molecule has 0 aromatic heterocycles. The Labute approximate surface area is 69.8 Å². The second-order valence-electron chi connectivity index (χ2n) is 3.82. The summed E-state index contributed by atoms with van der Waals surface area (Å²) < 4.78 is 0. The first-order chi connectivity index (χ1) is 5.47. The van der Waals surface area contributed by atoms with Crippen LogP contribution in [0.25, 0.3) is 0 Å². The van der Waals surface area contributed by atoms with Crippen LogP contribution in [-0.2, 0) is 0 Å². The highest BCUT2D eigenvalue weighted by Crippen LogP contribution is 2.31. The van der Waals surface area contributed by atoms with Gasteiger partial charge in [-0.3, -0.25) is 4.90 Å². The van der Waals surface area contributed by atoms with Gasteiger partial charge < -0.3 is 0 Å². The summed E-state index contributed by atoms with van der Waals surface area (Å²) >= 11 is 0. The molecule has 1 aliphatic carbocycles. The van der Waals surface area contributed by atoms with Crippen LogP contribution in [0.15, 0.2) is 0 Å². The van der Waals surface area contributed by atoms with Gasteiger partial charge in [-0.15, -0.1) is 0 Å². The van der Waals surface area contributed by atoms with Crippen molar-refractivity contribution in [3.8, 4) is 0 Å². The molecule has 1 saturated carbocycles. The van der Waals surface area contributed by atoms with Gasteiger partial charge >= 0.3 is 0 Å². The van der Waals surface area contributed by atoms with Crippen molar-refractivity contribution in [2.45, 2.75) is 44.9 Å². The zero-order valence-electron chi connectivity index (χ0n) is 7.31. The molecule has 2 fully saturated rings. The molecule has 0 atom stereocenters. The fourth-order valence-electron chi connectivity index (χ4n) is 2.31. The third kappa shape index (κ3) is 1.76. The van der Waals surface area contributed by atoms with Gasteiger partial charge in [-0.1, -0.05) is 19.3 Å². The van der Waals surface area contributed by atoms with Crippen LogP contribution in [0.3, 0.4) is 0 Å². The molecule has 0 bridgehead atoms. The van der Waals surface area contributed by atoms with E-state index >= 15 is 0 Å². The van der Waals surface area contributed by atoms with Gasteiger partial charge in [0.05, 0.1) is 0 Å². The van der Waals surface area contributed by atoms with Gasteiger partial charge in [0, 0.05) is 6.04 Å². The number of rotatable bonds is 1. The van der Waals surface area contributed by atoms with Crippen LogP contribution in [0.1, 0.15) is 44.9 Å². The molecule has 1 heterocycles. The zero-order valence-corrected chi connectivity index (χ0v) is 7.31. The minimum Gasteiger partial charge on any atom is -0.296 e. The largest absolute Gasteiger partial charge is 0.296 e. The maximum Gasteiger partial charge on any atom is 0.0393 e. The van der Waals surface area contributed by atoms with Gasteiger partial charge in [-0.2, -0.15) is 0 Å². The third-order valence-electron chi connectivity index (χ3n) is 2.98. The molecule has 0 unspecified atom stereocenters. The third-order valence-corrected chi connectivity index (χ3v) is 2.98. The molecule has 2 aliphatic rings. The molecule has 1 nitrogen and oxygen atoms in total. The lowest BCUT2D eigenvalue weighted by molar-refractivity contribution is 0.231. The van der Waals surface area contributed by atoms with Crippen molar-refractivity contribution in [2.24, 2.45) is 0 Å². The van der Waals surface area contributed by atoms with E-state index in [9.17, 15) is 0 Å². The quantitative estimate of drug-likeness (QED) is 0.558. The van der Waals surface area contributed by atoms with Crippen molar-refractivity contribution >= 4 is 0 Å². The Morgan fingerprint density at radius 3 is 2.00 bits per heavy atom. The highest BCUT2D eigenvalue weighted by atomic mass is 15.2. The van der Waals surface area contributed by atoms with E-state index in [1.807, 2.05) is 0 Å². The highest BCUT2D eigenvalue weighted by Gasteiger charge is 2.23. The van der Waals surface area contributed by atoms with Crippen LogP contribution < -0.4 is 0 Å². The topological polar surface area (TPSA) is 3.24 Å². The molecule has 0 aromatic carbocycles. The van der Waals surface area contributed by atoms with E-state index in [1.54, 1.807) is 6.04 Å². The van der Waals surface area contributed by atoms with Crippen molar-refractivity contribution in [1.82, 2.24) is 4.90 Å². The Morgan fingerprint density at radius 2 is 1.36 bits per heavy atom. The van der Waals surface area contributed by atoms with Crippen LogP contribution in [0.2, 0.25) is 0 Å². The van der Waals surface area contributed by atoms with Gasteiger partial charge in [-0.25, -0.2) is 0 Å². The summed E-state index contributed by atoms with van der Waals surface area (Å²) in [5, 5.41) is 0. The van der Waals surface area contributed by atoms with E-state index in [0.29, 0.717) is 0 Å². The first-order valence-corrected chi connectivity index (χ1v) is 5.06. The molecule has 63 valence electrons. The summed E-state index contributed by atoms with van der Waals surface area (Å²) in [6.45, 7) is 2.71. The van der Waals surface area contributed by atoms with Crippen molar-refractivity contribution in [3.05, 3.63) is 6.04 Å². The SMILES string of the molecule is C1CCN([C]2CCCC2)CC1. The molecule has 1 heteroatoms. The molecule has 0 spiro atoms. The van der Waals surface area contributed by atoms with Gasteiger partial charge in [0.1, 0.15) is 0 Å². The monoisotopic (exact) mass is 152 g/mol. The van der Waals surface area contributed by atoms with Crippen molar-refractivity contribution in [2.75, 3.05) is 13.1 Å². The van der Waals surface area contributed by atoms with E-state index in [1.165, 1.54) is 58.0 Å². The van der Waals surface area contributed by atoms with Crippen LogP contribution in [0, 0.1) is 6.04 Å². The van der Waals surface area contributed by atoms with Crippen LogP contribution in [0.4, 0.5) is 0 Å². The van der Waals surface area contributed by atoms with E-state index in [0.717, 1.165) is 0 Å². The summed E-state index contributed by atoms with van der Waals surface area (Å²) in [5.41, 5.74) is 0. The minimum absolute atomic E-state index is 1.36. The zero-order chi connectivity index (χ0) is 7.52. The fourth-order valence-corrected chi connectivity index (χ4v) is 2.31. The highest BCUT2D eigenvalue weighted by molar-refractivity contribution is 4.95. The Hall–Kier alpha value is -0.0400. The van der Waals surface area contributed by atoms with Crippen molar-refractivity contribution < 1.29 is 0 Å². The molecule has 1 radical (unpaired) electrons. The average molecular weight is 152 g/mol. The summed E-state index contributed by atoms with van der Waals surface area (Å²) in [5.74, 6) is 0. The predicted molar refractivity (Wildman–Crippen MR) is 47.1 cm³/mol. The summed E-state index contributed by atoms with van der Waals surface area (Å²) in [6.07, 6.45) is 10.0. The maximum atomic E-state index is 2.65. The Balaban J connectivity index is 1.82. The second-order valence-corrected chi connectivity index (χ2v) is 3.82. The lowest BCUT2D eigenvalue weighted by atomic mass is 10.1. The summed E-state index contributed by atoms with van der Waals surface area (Å²) in [4.78, 5) is 2.65. The number of nitrogens with zero attached hydrogens (tertiary/aromatic N) is 1. The van der Waals surface area contributed by atoms with Crippen molar-refractivity contribution in [3.63, 3.8) is 0 Å². The van der Waals surface area contributed by atoms with Crippen molar-refractivity contribution in [1.29, 1.82) is 0 Å². The number of hydrogen-bond acceptors (Lipinski definition) is 1. The molecule has 0 aromatic rings. The predicted octanol–water partition coefficient (Wildman–Crippen LogP) is 2.58. The first kappa shape index (κ1) is 7.60. The average Bonchev–Trinajstić information content (AvgIpc) is 2.58. The normalized spacial score (nSPS) is 29.5. The Bertz CT molecular complexity index is 110. The lowest BCUT2D eigenvalue weighted by Crippen LogP contribution is -2.32. The van der Waals surface area contributed by atoms with Gasteiger partial charge in [0.2, 0.25) is 0 Å². The van der Waals surface area contributed by atoms with E-state index in [4.69, 9.17) is 0 Å². The van der Waals surface area contributed by atoms with Crippen LogP contribution in [0.5, 0.6) is 0 Å². The number of likely N-dealkylation sites (tertiary alicyclic amines) is 1. The first-order valence-electron chi connectivity index (χ1n) is 5.06. The molecular formula is C10H18N. The smallest absolute Gasteiger partial charge is 0.0393 e. The Morgan fingerprint density at radius 1 is 0.727 bits per heavy atom. The molecule has 0 N–H and O–H groups in total. The van der Waals surface area contributed by atoms with Gasteiger partial charge in [-0.05, 0) is 38.8 Å². The number of hydrogen-bond donors (Lipinski definition) is 0. The molecule has 1 aliphatic heterocycles. The lowest BCUT2D eigenvalue weighted by Gasteiger charge is -2.31.